The molecule has 0 fully saturated rings. The van der Waals surface area contributed by atoms with Gasteiger partial charge in [0.15, 0.2) is 0 Å². The number of hydrogen-bond acceptors (Lipinski definition) is 2. The second-order valence-corrected chi connectivity index (χ2v) is 4.24. The molecule has 1 rings (SSSR count). The molecule has 14 heavy (non-hydrogen) atoms. The van der Waals surface area contributed by atoms with Crippen molar-refractivity contribution in [2.75, 3.05) is 0 Å². The van der Waals surface area contributed by atoms with Gasteiger partial charge in [0.1, 0.15) is 0 Å². The van der Waals surface area contributed by atoms with Crippen LogP contribution in [-0.2, 0) is 6.42 Å². The van der Waals surface area contributed by atoms with Gasteiger partial charge in [-0.2, -0.15) is 5.10 Å². The smallest absolute Gasteiger partial charge is 0.0629 e. The molecule has 3 nitrogen and oxygen atoms in total. The highest BCUT2D eigenvalue weighted by Gasteiger charge is 2.14. The molecule has 0 bridgehead atoms. The second kappa shape index (κ2) is 4.13. The van der Waals surface area contributed by atoms with Crippen molar-refractivity contribution in [2.24, 2.45) is 0 Å². The van der Waals surface area contributed by atoms with Crippen LogP contribution in [0, 0.1) is 13.8 Å². The Hall–Kier alpha value is -0.830. The maximum Gasteiger partial charge on any atom is 0.0629 e. The molecule has 0 saturated heterocycles. The van der Waals surface area contributed by atoms with Gasteiger partial charge in [0, 0.05) is 18.2 Å². The van der Waals surface area contributed by atoms with Crippen molar-refractivity contribution >= 4 is 0 Å². The number of nitrogens with zero attached hydrogens (tertiary/aromatic N) is 2. The van der Waals surface area contributed by atoms with E-state index in [2.05, 4.69) is 25.9 Å². The zero-order valence-electron chi connectivity index (χ0n) is 9.70. The first-order chi connectivity index (χ1) is 6.43. The summed E-state index contributed by atoms with van der Waals surface area (Å²) in [6, 6.07) is 0.386. The van der Waals surface area contributed by atoms with Crippen LogP contribution in [0.2, 0.25) is 0 Å². The van der Waals surface area contributed by atoms with E-state index in [0.29, 0.717) is 12.5 Å². The van der Waals surface area contributed by atoms with Crippen LogP contribution in [0.15, 0.2) is 0 Å². The number of aromatic nitrogens is 2. The van der Waals surface area contributed by atoms with Crippen molar-refractivity contribution < 1.29 is 5.11 Å². The van der Waals surface area contributed by atoms with E-state index in [1.165, 1.54) is 11.3 Å². The molecule has 80 valence electrons. The number of rotatable bonds is 3. The minimum atomic E-state index is -0.294. The molecule has 1 heterocycles. The van der Waals surface area contributed by atoms with E-state index in [9.17, 15) is 5.11 Å². The monoisotopic (exact) mass is 196 g/mol. The first-order valence-corrected chi connectivity index (χ1v) is 5.16. The Morgan fingerprint density at radius 2 is 1.86 bits per heavy atom. The highest BCUT2D eigenvalue weighted by atomic mass is 16.3. The number of hydrogen-bond donors (Lipinski definition) is 1. The van der Waals surface area contributed by atoms with Crippen molar-refractivity contribution in [3.63, 3.8) is 0 Å². The van der Waals surface area contributed by atoms with Crippen LogP contribution in [-0.4, -0.2) is 21.0 Å². The third-order valence-electron chi connectivity index (χ3n) is 2.46. The van der Waals surface area contributed by atoms with Crippen LogP contribution >= 0.6 is 0 Å². The Kier molecular flexibility index (Phi) is 3.32. The quantitative estimate of drug-likeness (QED) is 0.803. The van der Waals surface area contributed by atoms with Crippen LogP contribution in [0.5, 0.6) is 0 Å². The number of aryl methyl sites for hydroxylation is 1. The summed E-state index contributed by atoms with van der Waals surface area (Å²) in [4.78, 5) is 0. The molecule has 3 heteroatoms. The molecule has 0 spiro atoms. The lowest BCUT2D eigenvalue weighted by Crippen LogP contribution is -2.08. The van der Waals surface area contributed by atoms with E-state index in [1.807, 2.05) is 18.5 Å². The van der Waals surface area contributed by atoms with E-state index in [4.69, 9.17) is 0 Å². The van der Waals surface area contributed by atoms with E-state index in [0.717, 1.165) is 5.69 Å². The molecule has 0 aliphatic heterocycles. The fraction of sp³-hybridized carbons (Fsp3) is 0.727. The molecule has 0 aliphatic carbocycles. The van der Waals surface area contributed by atoms with Gasteiger partial charge in [-0.25, -0.2) is 0 Å². The Balaban J connectivity index is 3.05. The molecule has 0 saturated carbocycles. The summed E-state index contributed by atoms with van der Waals surface area (Å²) in [5.74, 6) is 0. The minimum absolute atomic E-state index is 0.294. The van der Waals surface area contributed by atoms with Gasteiger partial charge in [-0.05, 0) is 40.2 Å². The van der Waals surface area contributed by atoms with E-state index in [-0.39, 0.29) is 6.10 Å². The summed E-state index contributed by atoms with van der Waals surface area (Å²) < 4.78 is 2.02. The van der Waals surface area contributed by atoms with Crippen molar-refractivity contribution in [3.8, 4) is 0 Å². The molecule has 0 amide bonds. The Labute approximate surface area is 85.8 Å². The highest BCUT2D eigenvalue weighted by molar-refractivity contribution is 5.25. The summed E-state index contributed by atoms with van der Waals surface area (Å²) in [6.45, 7) is 10.1. The maximum atomic E-state index is 9.37. The second-order valence-electron chi connectivity index (χ2n) is 4.24. The number of aliphatic hydroxyl groups is 1. The Morgan fingerprint density at radius 1 is 1.29 bits per heavy atom. The Morgan fingerprint density at radius 3 is 2.21 bits per heavy atom. The SMILES string of the molecule is Cc1nn(C(C)C)c(C)c1CC(C)O. The fourth-order valence-corrected chi connectivity index (χ4v) is 1.79. The standard InChI is InChI=1S/C11H20N2O/c1-7(2)13-10(5)11(6-8(3)14)9(4)12-13/h7-8,14H,6H2,1-5H3. The van der Waals surface area contributed by atoms with Crippen LogP contribution < -0.4 is 0 Å². The molecule has 1 unspecified atom stereocenters. The average Bonchev–Trinajstić information content (AvgIpc) is 2.31. The van der Waals surface area contributed by atoms with E-state index >= 15 is 0 Å². The maximum absolute atomic E-state index is 9.37. The van der Waals surface area contributed by atoms with Crippen LogP contribution in [0.25, 0.3) is 0 Å². The normalized spacial score (nSPS) is 13.6. The molecule has 1 aromatic heterocycles. The van der Waals surface area contributed by atoms with Gasteiger partial charge in [-0.15, -0.1) is 0 Å². The summed E-state index contributed by atoms with van der Waals surface area (Å²) >= 11 is 0. The molecule has 1 N–H and O–H groups in total. The molecule has 0 aliphatic rings. The van der Waals surface area contributed by atoms with Gasteiger partial charge in [0.25, 0.3) is 0 Å². The third-order valence-corrected chi connectivity index (χ3v) is 2.46. The zero-order chi connectivity index (χ0) is 10.9. The van der Waals surface area contributed by atoms with Gasteiger partial charge in [-0.1, -0.05) is 0 Å². The summed E-state index contributed by atoms with van der Waals surface area (Å²) in [6.07, 6.45) is 0.405. The van der Waals surface area contributed by atoms with Crippen molar-refractivity contribution in [1.29, 1.82) is 0 Å². The first-order valence-electron chi connectivity index (χ1n) is 5.16. The predicted octanol–water partition coefficient (Wildman–Crippen LogP) is 2.00. The summed E-state index contributed by atoms with van der Waals surface area (Å²) in [5, 5.41) is 13.8. The lowest BCUT2D eigenvalue weighted by atomic mass is 10.1. The number of aliphatic hydroxyl groups excluding tert-OH is 1. The molecule has 0 aromatic carbocycles. The van der Waals surface area contributed by atoms with Gasteiger partial charge >= 0.3 is 0 Å². The van der Waals surface area contributed by atoms with Gasteiger partial charge in [-0.3, -0.25) is 4.68 Å². The van der Waals surface area contributed by atoms with Crippen molar-refractivity contribution in [3.05, 3.63) is 17.0 Å². The molecule has 1 atom stereocenters. The van der Waals surface area contributed by atoms with Crippen molar-refractivity contribution in [1.82, 2.24) is 9.78 Å². The first kappa shape index (κ1) is 11.2. The van der Waals surface area contributed by atoms with Gasteiger partial charge in [0.2, 0.25) is 0 Å². The van der Waals surface area contributed by atoms with Gasteiger partial charge in [0.05, 0.1) is 11.8 Å². The van der Waals surface area contributed by atoms with Gasteiger partial charge < -0.3 is 5.11 Å². The predicted molar refractivity (Wildman–Crippen MR) is 57.5 cm³/mol. The molecule has 0 radical (unpaired) electrons. The van der Waals surface area contributed by atoms with E-state index in [1.54, 1.807) is 0 Å². The topological polar surface area (TPSA) is 38.0 Å². The third kappa shape index (κ3) is 2.15. The molecule has 1 aromatic rings. The van der Waals surface area contributed by atoms with Crippen LogP contribution in [0.4, 0.5) is 0 Å². The Bertz CT molecular complexity index is 313. The largest absolute Gasteiger partial charge is 0.393 e. The summed E-state index contributed by atoms with van der Waals surface area (Å²) in [5.41, 5.74) is 3.41. The lowest BCUT2D eigenvalue weighted by molar-refractivity contribution is 0.195. The lowest BCUT2D eigenvalue weighted by Gasteiger charge is -2.09. The molecular weight excluding hydrogens is 176 g/mol. The van der Waals surface area contributed by atoms with E-state index < -0.39 is 0 Å². The van der Waals surface area contributed by atoms with Crippen molar-refractivity contribution in [2.45, 2.75) is 53.2 Å². The fourth-order valence-electron chi connectivity index (χ4n) is 1.79. The van der Waals surface area contributed by atoms with Crippen LogP contribution in [0.1, 0.15) is 43.8 Å². The highest BCUT2D eigenvalue weighted by Crippen LogP contribution is 2.18. The summed E-state index contributed by atoms with van der Waals surface area (Å²) in [7, 11) is 0. The molecular formula is C11H20N2O. The average molecular weight is 196 g/mol. The minimum Gasteiger partial charge on any atom is -0.393 e. The zero-order valence-corrected chi connectivity index (χ0v) is 9.70. The van der Waals surface area contributed by atoms with Crippen LogP contribution in [0.3, 0.4) is 0 Å².